The quantitative estimate of drug-likeness (QED) is 0.875. The lowest BCUT2D eigenvalue weighted by Gasteiger charge is -2.36. The van der Waals surface area contributed by atoms with Gasteiger partial charge in [-0.2, -0.15) is 13.2 Å². The second kappa shape index (κ2) is 7.77. The molecule has 0 aromatic heterocycles. The Bertz CT molecular complexity index is 786. The molecule has 3 rings (SSSR count). The van der Waals surface area contributed by atoms with Crippen LogP contribution in [-0.4, -0.2) is 44.2 Å². The minimum atomic E-state index is -4.52. The smallest absolute Gasteiger partial charge is 0.418 e. The topological polar surface area (TPSA) is 44.8 Å². The molecule has 8 heteroatoms. The fourth-order valence-corrected chi connectivity index (χ4v) is 2.99. The normalized spacial score (nSPS) is 14.8. The van der Waals surface area contributed by atoms with Crippen molar-refractivity contribution in [1.82, 2.24) is 4.90 Å². The van der Waals surface area contributed by atoms with Crippen molar-refractivity contribution < 1.29 is 22.7 Å². The van der Waals surface area contributed by atoms with E-state index in [-0.39, 0.29) is 5.69 Å². The molecule has 27 heavy (non-hydrogen) atoms. The molecule has 1 aliphatic heterocycles. The summed E-state index contributed by atoms with van der Waals surface area (Å²) < 4.78 is 44.3. The van der Waals surface area contributed by atoms with Crippen molar-refractivity contribution in [3.8, 4) is 5.75 Å². The molecule has 1 saturated heterocycles. The number of carbonyl (C=O) groups is 1. The highest BCUT2D eigenvalue weighted by Crippen LogP contribution is 2.34. The van der Waals surface area contributed by atoms with Gasteiger partial charge in [-0.05, 0) is 36.4 Å². The van der Waals surface area contributed by atoms with Gasteiger partial charge in [-0.1, -0.05) is 12.1 Å². The number of ether oxygens (including phenoxy) is 1. The first kappa shape index (κ1) is 18.9. The van der Waals surface area contributed by atoms with E-state index in [2.05, 4.69) is 10.2 Å². The van der Waals surface area contributed by atoms with Gasteiger partial charge in [0.25, 0.3) is 0 Å². The number of anilines is 2. The molecule has 0 aliphatic carbocycles. The second-order valence-electron chi connectivity index (χ2n) is 6.15. The van der Waals surface area contributed by atoms with Crippen LogP contribution in [0.5, 0.6) is 5.75 Å². The van der Waals surface area contributed by atoms with Crippen molar-refractivity contribution in [1.29, 1.82) is 0 Å². The van der Waals surface area contributed by atoms with Gasteiger partial charge >= 0.3 is 12.2 Å². The van der Waals surface area contributed by atoms with E-state index in [1.165, 1.54) is 23.1 Å². The van der Waals surface area contributed by atoms with E-state index in [9.17, 15) is 18.0 Å². The first-order chi connectivity index (χ1) is 12.9. The van der Waals surface area contributed by atoms with Gasteiger partial charge in [0.1, 0.15) is 5.75 Å². The third-order valence-corrected chi connectivity index (χ3v) is 4.48. The summed E-state index contributed by atoms with van der Waals surface area (Å²) in [4.78, 5) is 16.0. The molecule has 0 radical (unpaired) electrons. The Morgan fingerprint density at radius 1 is 1.00 bits per heavy atom. The van der Waals surface area contributed by atoms with Crippen LogP contribution in [0.2, 0.25) is 0 Å². The molecule has 0 spiro atoms. The minimum Gasteiger partial charge on any atom is -0.497 e. The summed E-state index contributed by atoms with van der Waals surface area (Å²) in [6.45, 7) is 2.04. The molecule has 2 aromatic rings. The molecule has 1 aliphatic rings. The number of amides is 2. The van der Waals surface area contributed by atoms with E-state index in [0.29, 0.717) is 26.2 Å². The molecule has 5 nitrogen and oxygen atoms in total. The molecule has 1 heterocycles. The predicted octanol–water partition coefficient (Wildman–Crippen LogP) is 4.07. The average molecular weight is 379 g/mol. The van der Waals surface area contributed by atoms with Crippen molar-refractivity contribution in [2.45, 2.75) is 6.18 Å². The number of piperazine rings is 1. The Morgan fingerprint density at radius 3 is 2.22 bits per heavy atom. The molecule has 0 bridgehead atoms. The fraction of sp³-hybridized carbons (Fsp3) is 0.316. The maximum Gasteiger partial charge on any atom is 0.418 e. The SMILES string of the molecule is COc1ccc(N2CCN(C(=O)Nc3ccccc3C(F)(F)F)CC2)cc1. The maximum absolute atomic E-state index is 13.1. The zero-order valence-electron chi connectivity index (χ0n) is 14.8. The van der Waals surface area contributed by atoms with Crippen molar-refractivity contribution in [3.63, 3.8) is 0 Å². The van der Waals surface area contributed by atoms with E-state index >= 15 is 0 Å². The third kappa shape index (κ3) is 4.45. The number of hydrogen-bond acceptors (Lipinski definition) is 3. The number of urea groups is 1. The van der Waals surface area contributed by atoms with Gasteiger partial charge in [-0.15, -0.1) is 0 Å². The van der Waals surface area contributed by atoms with Gasteiger partial charge in [0.15, 0.2) is 0 Å². The molecule has 144 valence electrons. The zero-order chi connectivity index (χ0) is 19.4. The largest absolute Gasteiger partial charge is 0.497 e. The summed E-state index contributed by atoms with van der Waals surface area (Å²) in [6, 6.07) is 12.1. The number of hydrogen-bond donors (Lipinski definition) is 1. The number of carbonyl (C=O) groups excluding carboxylic acids is 1. The number of rotatable bonds is 3. The molecule has 1 N–H and O–H groups in total. The van der Waals surface area contributed by atoms with Crippen LogP contribution in [-0.2, 0) is 6.18 Å². The number of nitrogens with one attached hydrogen (secondary N) is 1. The van der Waals surface area contributed by atoms with Gasteiger partial charge in [-0.25, -0.2) is 4.79 Å². The number of nitrogens with zero attached hydrogens (tertiary/aromatic N) is 2. The van der Waals surface area contributed by atoms with E-state index in [1.54, 1.807) is 7.11 Å². The van der Waals surface area contributed by atoms with Crippen molar-refractivity contribution in [2.24, 2.45) is 0 Å². The number of methoxy groups -OCH3 is 1. The standard InChI is InChI=1S/C19H20F3N3O2/c1-27-15-8-6-14(7-9-15)24-10-12-25(13-11-24)18(26)23-17-5-3-2-4-16(17)19(20,21)22/h2-9H,10-13H2,1H3,(H,23,26). The highest BCUT2D eigenvalue weighted by Gasteiger charge is 2.34. The monoisotopic (exact) mass is 379 g/mol. The Balaban J connectivity index is 1.60. The van der Waals surface area contributed by atoms with Gasteiger partial charge in [0.2, 0.25) is 0 Å². The average Bonchev–Trinajstić information content (AvgIpc) is 2.68. The lowest BCUT2D eigenvalue weighted by molar-refractivity contribution is -0.136. The molecule has 0 saturated carbocycles. The highest BCUT2D eigenvalue weighted by molar-refractivity contribution is 5.90. The molecular weight excluding hydrogens is 359 g/mol. The first-order valence-electron chi connectivity index (χ1n) is 8.49. The Morgan fingerprint density at radius 2 is 1.63 bits per heavy atom. The van der Waals surface area contributed by atoms with Crippen LogP contribution in [0.4, 0.5) is 29.3 Å². The van der Waals surface area contributed by atoms with Crippen LogP contribution in [0.25, 0.3) is 0 Å². The summed E-state index contributed by atoms with van der Waals surface area (Å²) in [5.74, 6) is 0.764. The second-order valence-corrected chi connectivity index (χ2v) is 6.15. The molecular formula is C19H20F3N3O2. The molecule has 2 aromatic carbocycles. The third-order valence-electron chi connectivity index (χ3n) is 4.48. The first-order valence-corrected chi connectivity index (χ1v) is 8.49. The number of para-hydroxylation sites is 1. The number of alkyl halides is 3. The van der Waals surface area contributed by atoms with Crippen LogP contribution in [0, 0.1) is 0 Å². The van der Waals surface area contributed by atoms with Crippen LogP contribution in [0.3, 0.4) is 0 Å². The molecule has 0 unspecified atom stereocenters. The minimum absolute atomic E-state index is 0.229. The van der Waals surface area contributed by atoms with Crippen LogP contribution in [0.1, 0.15) is 5.56 Å². The molecule has 2 amide bonds. The fourth-order valence-electron chi connectivity index (χ4n) is 2.99. The van der Waals surface area contributed by atoms with Crippen LogP contribution < -0.4 is 15.0 Å². The van der Waals surface area contributed by atoms with Crippen molar-refractivity contribution >= 4 is 17.4 Å². The van der Waals surface area contributed by atoms with E-state index in [1.807, 2.05) is 24.3 Å². The molecule has 0 atom stereocenters. The van der Waals surface area contributed by atoms with Gasteiger partial charge in [0, 0.05) is 31.9 Å². The highest BCUT2D eigenvalue weighted by atomic mass is 19.4. The van der Waals surface area contributed by atoms with Gasteiger partial charge in [-0.3, -0.25) is 0 Å². The number of benzene rings is 2. The zero-order valence-corrected chi connectivity index (χ0v) is 14.8. The van der Waals surface area contributed by atoms with Crippen molar-refractivity contribution in [3.05, 3.63) is 54.1 Å². The molecule has 1 fully saturated rings. The van der Waals surface area contributed by atoms with Gasteiger partial charge < -0.3 is 19.9 Å². The number of halogens is 3. The van der Waals surface area contributed by atoms with Crippen LogP contribution in [0.15, 0.2) is 48.5 Å². The Kier molecular flexibility index (Phi) is 5.43. The van der Waals surface area contributed by atoms with Gasteiger partial charge in [0.05, 0.1) is 18.4 Å². The summed E-state index contributed by atoms with van der Waals surface area (Å²) in [7, 11) is 1.60. The van der Waals surface area contributed by atoms with E-state index in [4.69, 9.17) is 4.74 Å². The van der Waals surface area contributed by atoms with E-state index in [0.717, 1.165) is 17.5 Å². The Hall–Kier alpha value is -2.90. The van der Waals surface area contributed by atoms with E-state index < -0.39 is 17.8 Å². The summed E-state index contributed by atoms with van der Waals surface area (Å²) in [5, 5.41) is 2.39. The van der Waals surface area contributed by atoms with Crippen molar-refractivity contribution in [2.75, 3.05) is 43.5 Å². The summed E-state index contributed by atoms with van der Waals surface area (Å²) >= 11 is 0. The lowest BCUT2D eigenvalue weighted by Crippen LogP contribution is -2.50. The summed E-state index contributed by atoms with van der Waals surface area (Å²) in [5.41, 5.74) is -0.0684. The maximum atomic E-state index is 13.1. The lowest BCUT2D eigenvalue weighted by atomic mass is 10.1. The van der Waals surface area contributed by atoms with Crippen LogP contribution >= 0.6 is 0 Å². The Labute approximate surface area is 155 Å². The predicted molar refractivity (Wildman–Crippen MR) is 97.2 cm³/mol. The summed E-state index contributed by atoms with van der Waals surface area (Å²) in [6.07, 6.45) is -4.52.